The van der Waals surface area contributed by atoms with E-state index in [1.807, 2.05) is 19.1 Å². The first-order valence-corrected chi connectivity index (χ1v) is 10.9. The number of rotatable bonds is 5. The fourth-order valence-corrected chi connectivity index (χ4v) is 4.26. The Kier molecular flexibility index (Phi) is 6.31. The van der Waals surface area contributed by atoms with E-state index in [1.165, 1.54) is 17.0 Å². The monoisotopic (exact) mass is 525 g/mol. The van der Waals surface area contributed by atoms with Crippen molar-refractivity contribution in [1.29, 1.82) is 0 Å². The lowest BCUT2D eigenvalue weighted by Gasteiger charge is -2.21. The fourth-order valence-electron chi connectivity index (χ4n) is 3.50. The van der Waals surface area contributed by atoms with Gasteiger partial charge in [-0.25, -0.2) is 4.99 Å². The van der Waals surface area contributed by atoms with Gasteiger partial charge >= 0.3 is 0 Å². The average molecular weight is 527 g/mol. The van der Waals surface area contributed by atoms with Crippen LogP contribution in [0.4, 0.5) is 11.4 Å². The molecule has 0 aliphatic carbocycles. The molecule has 0 bridgehead atoms. The van der Waals surface area contributed by atoms with Gasteiger partial charge in [-0.15, -0.1) is 0 Å². The second-order valence-corrected chi connectivity index (χ2v) is 8.53. The van der Waals surface area contributed by atoms with Crippen molar-refractivity contribution in [2.24, 2.45) is 4.99 Å². The molecule has 33 heavy (non-hydrogen) atoms. The molecule has 0 N–H and O–H groups in total. The lowest BCUT2D eigenvalue weighted by Crippen LogP contribution is -2.33. The summed E-state index contributed by atoms with van der Waals surface area (Å²) in [5, 5.41) is 11.7. The van der Waals surface area contributed by atoms with E-state index in [-0.39, 0.29) is 17.3 Å². The largest absolute Gasteiger partial charge is 0.496 e. The van der Waals surface area contributed by atoms with Gasteiger partial charge in [-0.05, 0) is 76.5 Å². The molecule has 0 atom stereocenters. The summed E-state index contributed by atoms with van der Waals surface area (Å²) in [6, 6.07) is 16.7. The maximum atomic E-state index is 13.5. The molecule has 1 amide bonds. The number of amides is 1. The predicted molar refractivity (Wildman–Crippen MR) is 132 cm³/mol. The number of benzene rings is 3. The molecule has 3 aromatic carbocycles. The Morgan fingerprint density at radius 2 is 1.94 bits per heavy atom. The third kappa shape index (κ3) is 4.53. The molecule has 0 aromatic heterocycles. The van der Waals surface area contributed by atoms with Crippen molar-refractivity contribution >= 4 is 56.7 Å². The van der Waals surface area contributed by atoms with Crippen LogP contribution in [0.3, 0.4) is 0 Å². The summed E-state index contributed by atoms with van der Waals surface area (Å²) in [6.45, 7) is 1.86. The minimum absolute atomic E-state index is 0.0662. The third-order valence-electron chi connectivity index (χ3n) is 5.05. The second-order valence-electron chi connectivity index (χ2n) is 7.24. The number of ether oxygens (including phenoxy) is 1. The Morgan fingerprint density at radius 3 is 2.61 bits per heavy atom. The number of aryl methyl sites for hydroxylation is 1. The Bertz CT molecular complexity index is 1350. The zero-order chi connectivity index (χ0) is 23.7. The van der Waals surface area contributed by atoms with E-state index in [9.17, 15) is 14.9 Å². The third-order valence-corrected chi connectivity index (χ3v) is 5.91. The lowest BCUT2D eigenvalue weighted by molar-refractivity contribution is -0.384. The number of amidine groups is 1. The number of nitrogens with zero attached hydrogens (tertiary/aromatic N) is 3. The molecule has 1 heterocycles. The standard InChI is InChI=1S/C24H17BrClN3O4/c1-14-10-17(26)7-8-21(14)28-23(16-6-9-22(33-2)19(25)13-16)27-20(24(28)30)12-15-4-3-5-18(11-15)29(31)32/h3-13H,1-2H3. The van der Waals surface area contributed by atoms with Gasteiger partial charge in [0.05, 0.1) is 22.2 Å². The number of nitro benzene ring substituents is 1. The highest BCUT2D eigenvalue weighted by molar-refractivity contribution is 9.10. The van der Waals surface area contributed by atoms with Gasteiger partial charge in [0.1, 0.15) is 17.3 Å². The molecule has 1 aliphatic rings. The van der Waals surface area contributed by atoms with Crippen molar-refractivity contribution in [1.82, 2.24) is 0 Å². The summed E-state index contributed by atoms with van der Waals surface area (Å²) in [7, 11) is 1.57. The highest BCUT2D eigenvalue weighted by atomic mass is 79.9. The van der Waals surface area contributed by atoms with E-state index in [4.69, 9.17) is 16.3 Å². The molecular weight excluding hydrogens is 510 g/mol. The summed E-state index contributed by atoms with van der Waals surface area (Å²) in [5.41, 5.74) is 2.72. The van der Waals surface area contributed by atoms with E-state index in [1.54, 1.807) is 49.6 Å². The van der Waals surface area contributed by atoms with Crippen LogP contribution in [0.15, 0.2) is 75.8 Å². The van der Waals surface area contributed by atoms with E-state index in [0.717, 1.165) is 5.56 Å². The summed E-state index contributed by atoms with van der Waals surface area (Å²) in [4.78, 5) is 30.3. The Morgan fingerprint density at radius 1 is 1.15 bits per heavy atom. The number of carbonyl (C=O) groups excluding carboxylic acids is 1. The molecule has 1 aliphatic heterocycles. The normalized spacial score (nSPS) is 14.5. The number of anilines is 1. The Labute approximate surface area is 203 Å². The van der Waals surface area contributed by atoms with Crippen molar-refractivity contribution in [2.75, 3.05) is 12.0 Å². The molecule has 7 nitrogen and oxygen atoms in total. The van der Waals surface area contributed by atoms with Crippen LogP contribution in [0.2, 0.25) is 5.02 Å². The van der Waals surface area contributed by atoms with Crippen molar-refractivity contribution in [2.45, 2.75) is 6.92 Å². The highest BCUT2D eigenvalue weighted by Gasteiger charge is 2.33. The van der Waals surface area contributed by atoms with Crippen LogP contribution in [-0.2, 0) is 4.79 Å². The van der Waals surface area contributed by atoms with Gasteiger partial charge in [-0.1, -0.05) is 23.7 Å². The Balaban J connectivity index is 1.86. The van der Waals surface area contributed by atoms with Gasteiger partial charge in [0, 0.05) is 22.7 Å². The summed E-state index contributed by atoms with van der Waals surface area (Å²) in [6.07, 6.45) is 1.54. The van der Waals surface area contributed by atoms with Gasteiger partial charge in [-0.3, -0.25) is 19.8 Å². The quantitative estimate of drug-likeness (QED) is 0.226. The molecule has 9 heteroatoms. The maximum absolute atomic E-state index is 13.5. The molecule has 4 rings (SSSR count). The SMILES string of the molecule is COc1ccc(C2=NC(=Cc3cccc([N+](=O)[O-])c3)C(=O)N2c2ccc(Cl)cc2C)cc1Br. The first-order chi connectivity index (χ1) is 15.8. The van der Waals surface area contributed by atoms with Gasteiger partial charge in [0.2, 0.25) is 0 Å². The predicted octanol–water partition coefficient (Wildman–Crippen LogP) is 6.16. The highest BCUT2D eigenvalue weighted by Crippen LogP contribution is 2.34. The number of methoxy groups -OCH3 is 1. The lowest BCUT2D eigenvalue weighted by atomic mass is 10.1. The number of non-ortho nitro benzene ring substituents is 1. The van der Waals surface area contributed by atoms with E-state index < -0.39 is 4.92 Å². The zero-order valence-electron chi connectivity index (χ0n) is 17.6. The van der Waals surface area contributed by atoms with Crippen LogP contribution in [0, 0.1) is 17.0 Å². The van der Waals surface area contributed by atoms with Crippen LogP contribution < -0.4 is 9.64 Å². The molecule has 0 saturated carbocycles. The van der Waals surface area contributed by atoms with Gasteiger partial charge < -0.3 is 4.74 Å². The maximum Gasteiger partial charge on any atom is 0.282 e. The van der Waals surface area contributed by atoms with Crippen LogP contribution in [0.1, 0.15) is 16.7 Å². The topological polar surface area (TPSA) is 85.0 Å². The van der Waals surface area contributed by atoms with E-state index in [0.29, 0.717) is 37.9 Å². The first-order valence-electron chi connectivity index (χ1n) is 9.78. The number of aliphatic imine (C=N–C) groups is 1. The Hall–Kier alpha value is -3.49. The number of halogens is 2. The smallest absolute Gasteiger partial charge is 0.282 e. The van der Waals surface area contributed by atoms with Crippen LogP contribution in [-0.4, -0.2) is 23.8 Å². The molecule has 3 aromatic rings. The number of carbonyl (C=O) groups is 1. The van der Waals surface area contributed by atoms with Crippen molar-refractivity contribution in [3.8, 4) is 5.75 Å². The van der Waals surface area contributed by atoms with Gasteiger partial charge in [0.25, 0.3) is 11.6 Å². The molecule has 0 fully saturated rings. The van der Waals surface area contributed by atoms with Crippen molar-refractivity contribution in [3.05, 3.63) is 103 Å². The number of hydrogen-bond acceptors (Lipinski definition) is 5. The summed E-state index contributed by atoms with van der Waals surface area (Å²) < 4.78 is 6.02. The van der Waals surface area contributed by atoms with Crippen LogP contribution >= 0.6 is 27.5 Å². The average Bonchev–Trinajstić information content (AvgIpc) is 3.09. The number of nitro groups is 1. The first kappa shape index (κ1) is 22.7. The van der Waals surface area contributed by atoms with Gasteiger partial charge in [0.15, 0.2) is 0 Å². The van der Waals surface area contributed by atoms with Crippen molar-refractivity contribution < 1.29 is 14.5 Å². The van der Waals surface area contributed by atoms with Gasteiger partial charge in [-0.2, -0.15) is 0 Å². The minimum atomic E-state index is -0.481. The molecule has 0 spiro atoms. The molecule has 0 radical (unpaired) electrons. The van der Waals surface area contributed by atoms with E-state index >= 15 is 0 Å². The summed E-state index contributed by atoms with van der Waals surface area (Å²) in [5.74, 6) is 0.713. The number of hydrogen-bond donors (Lipinski definition) is 0. The van der Waals surface area contributed by atoms with Crippen LogP contribution in [0.25, 0.3) is 6.08 Å². The summed E-state index contributed by atoms with van der Waals surface area (Å²) >= 11 is 9.60. The molecule has 0 saturated heterocycles. The second kappa shape index (κ2) is 9.17. The minimum Gasteiger partial charge on any atom is -0.496 e. The van der Waals surface area contributed by atoms with Crippen LogP contribution in [0.5, 0.6) is 5.75 Å². The zero-order valence-corrected chi connectivity index (χ0v) is 19.9. The van der Waals surface area contributed by atoms with Crippen molar-refractivity contribution in [3.63, 3.8) is 0 Å². The fraction of sp³-hybridized carbons (Fsp3) is 0.0833. The molecule has 166 valence electrons. The van der Waals surface area contributed by atoms with E-state index in [2.05, 4.69) is 20.9 Å². The molecule has 0 unspecified atom stereocenters. The molecular formula is C24H17BrClN3O4.